The molecule has 2 rings (SSSR count). The molecule has 70 valence electrons. The predicted octanol–water partition coefficient (Wildman–Crippen LogP) is 1.19. The third-order valence-electron chi connectivity index (χ3n) is 2.48. The molecule has 1 atom stereocenters. The van der Waals surface area contributed by atoms with E-state index in [1.807, 2.05) is 11.8 Å². The normalized spacial score (nSPS) is 30.7. The SMILES string of the molecule is Cl.O=C1CCCN2CCSCC12. The Morgan fingerprint density at radius 3 is 3.00 bits per heavy atom. The minimum Gasteiger partial charge on any atom is -0.298 e. The zero-order chi connectivity index (χ0) is 7.68. The molecule has 0 aromatic heterocycles. The number of halogens is 1. The Bertz CT molecular complexity index is 174. The maximum atomic E-state index is 11.4. The van der Waals surface area contributed by atoms with Crippen LogP contribution in [0.5, 0.6) is 0 Å². The first-order valence-corrected chi connectivity index (χ1v) is 5.38. The van der Waals surface area contributed by atoms with Gasteiger partial charge in [-0.15, -0.1) is 12.4 Å². The van der Waals surface area contributed by atoms with Gasteiger partial charge in [0.1, 0.15) is 0 Å². The lowest BCUT2D eigenvalue weighted by molar-refractivity contribution is -0.126. The predicted molar refractivity (Wildman–Crippen MR) is 54.2 cm³/mol. The van der Waals surface area contributed by atoms with Crippen molar-refractivity contribution >= 4 is 30.0 Å². The van der Waals surface area contributed by atoms with Crippen LogP contribution in [0.3, 0.4) is 0 Å². The van der Waals surface area contributed by atoms with Crippen LogP contribution in [0.1, 0.15) is 12.8 Å². The van der Waals surface area contributed by atoms with Gasteiger partial charge in [-0.2, -0.15) is 11.8 Å². The number of fused-ring (bicyclic) bond motifs is 1. The number of carbonyl (C=O) groups excluding carboxylic acids is 1. The van der Waals surface area contributed by atoms with E-state index in [0.29, 0.717) is 5.78 Å². The average Bonchev–Trinajstić information content (AvgIpc) is 2.06. The molecule has 0 saturated carbocycles. The highest BCUT2D eigenvalue weighted by Crippen LogP contribution is 2.22. The minimum absolute atomic E-state index is 0. The molecular formula is C8H14ClNOS. The molecule has 2 aliphatic rings. The van der Waals surface area contributed by atoms with Crippen LogP contribution in [0.25, 0.3) is 0 Å². The van der Waals surface area contributed by atoms with E-state index in [9.17, 15) is 4.79 Å². The highest BCUT2D eigenvalue weighted by Gasteiger charge is 2.31. The molecule has 2 fully saturated rings. The van der Waals surface area contributed by atoms with Crippen molar-refractivity contribution in [1.82, 2.24) is 4.90 Å². The van der Waals surface area contributed by atoms with Gasteiger partial charge in [0.15, 0.2) is 5.78 Å². The van der Waals surface area contributed by atoms with Gasteiger partial charge in [0.25, 0.3) is 0 Å². The lowest BCUT2D eigenvalue weighted by atomic mass is 10.0. The van der Waals surface area contributed by atoms with E-state index in [1.165, 1.54) is 5.75 Å². The van der Waals surface area contributed by atoms with Crippen LogP contribution >= 0.6 is 24.2 Å². The fraction of sp³-hybridized carbons (Fsp3) is 0.875. The zero-order valence-corrected chi connectivity index (χ0v) is 8.62. The van der Waals surface area contributed by atoms with Crippen LogP contribution < -0.4 is 0 Å². The average molecular weight is 208 g/mol. The molecule has 0 spiro atoms. The molecule has 2 saturated heterocycles. The Labute approximate surface area is 83.5 Å². The van der Waals surface area contributed by atoms with E-state index >= 15 is 0 Å². The smallest absolute Gasteiger partial charge is 0.150 e. The van der Waals surface area contributed by atoms with Gasteiger partial charge in [0.2, 0.25) is 0 Å². The number of piperidine rings is 1. The van der Waals surface area contributed by atoms with Gasteiger partial charge in [-0.3, -0.25) is 9.69 Å². The molecule has 4 heteroatoms. The molecule has 0 amide bonds. The number of ketones is 1. The maximum absolute atomic E-state index is 11.4. The maximum Gasteiger partial charge on any atom is 0.150 e. The molecular weight excluding hydrogens is 194 g/mol. The van der Waals surface area contributed by atoms with Crippen molar-refractivity contribution in [2.75, 3.05) is 24.6 Å². The van der Waals surface area contributed by atoms with Crippen molar-refractivity contribution in [1.29, 1.82) is 0 Å². The fourth-order valence-corrected chi connectivity index (χ4v) is 2.98. The molecule has 1 unspecified atom stereocenters. The number of nitrogens with zero attached hydrogens (tertiary/aromatic N) is 1. The highest BCUT2D eigenvalue weighted by atomic mass is 35.5. The first kappa shape index (κ1) is 10.4. The van der Waals surface area contributed by atoms with E-state index in [-0.39, 0.29) is 18.4 Å². The van der Waals surface area contributed by atoms with Crippen molar-refractivity contribution < 1.29 is 4.79 Å². The van der Waals surface area contributed by atoms with Crippen molar-refractivity contribution in [2.45, 2.75) is 18.9 Å². The summed E-state index contributed by atoms with van der Waals surface area (Å²) in [4.78, 5) is 13.7. The lowest BCUT2D eigenvalue weighted by Crippen LogP contribution is -2.50. The topological polar surface area (TPSA) is 20.3 Å². The van der Waals surface area contributed by atoms with Gasteiger partial charge in [0.05, 0.1) is 6.04 Å². The quantitative estimate of drug-likeness (QED) is 0.595. The van der Waals surface area contributed by atoms with Gasteiger partial charge < -0.3 is 0 Å². The summed E-state index contributed by atoms with van der Waals surface area (Å²) in [5, 5.41) is 0. The lowest BCUT2D eigenvalue weighted by Gasteiger charge is -2.37. The minimum atomic E-state index is 0. The van der Waals surface area contributed by atoms with Crippen LogP contribution in [0, 0.1) is 0 Å². The van der Waals surface area contributed by atoms with Crippen LogP contribution in [0.2, 0.25) is 0 Å². The molecule has 12 heavy (non-hydrogen) atoms. The molecule has 2 heterocycles. The molecule has 2 nitrogen and oxygen atoms in total. The van der Waals surface area contributed by atoms with Gasteiger partial charge >= 0.3 is 0 Å². The monoisotopic (exact) mass is 207 g/mol. The number of hydrogen-bond donors (Lipinski definition) is 0. The number of carbonyl (C=O) groups is 1. The van der Waals surface area contributed by atoms with E-state index < -0.39 is 0 Å². The van der Waals surface area contributed by atoms with Gasteiger partial charge in [-0.1, -0.05) is 0 Å². The second-order valence-electron chi connectivity index (χ2n) is 3.20. The Balaban J connectivity index is 0.000000720. The first-order valence-electron chi connectivity index (χ1n) is 4.22. The first-order chi connectivity index (χ1) is 5.38. The summed E-state index contributed by atoms with van der Waals surface area (Å²) in [6.07, 6.45) is 1.90. The standard InChI is InChI=1S/C8H13NOS.ClH/c10-8-2-1-3-9-4-5-11-6-7(8)9;/h7H,1-6H2;1H. The molecule has 0 bridgehead atoms. The third kappa shape index (κ3) is 1.95. The fourth-order valence-electron chi connectivity index (χ4n) is 1.83. The molecule has 0 N–H and O–H groups in total. The molecule has 2 aliphatic heterocycles. The van der Waals surface area contributed by atoms with Crippen molar-refractivity contribution in [3.8, 4) is 0 Å². The van der Waals surface area contributed by atoms with Crippen LogP contribution in [0.4, 0.5) is 0 Å². The van der Waals surface area contributed by atoms with Crippen LogP contribution in [0.15, 0.2) is 0 Å². The summed E-state index contributed by atoms with van der Waals surface area (Å²) in [6, 6.07) is 0.280. The van der Waals surface area contributed by atoms with Crippen molar-refractivity contribution in [3.63, 3.8) is 0 Å². The summed E-state index contributed by atoms with van der Waals surface area (Å²) in [7, 11) is 0. The largest absolute Gasteiger partial charge is 0.298 e. The van der Waals surface area contributed by atoms with E-state index in [4.69, 9.17) is 0 Å². The number of thioether (sulfide) groups is 1. The number of Topliss-reactive ketones (excluding diaryl/α,β-unsaturated/α-hetero) is 1. The van der Waals surface area contributed by atoms with E-state index in [2.05, 4.69) is 4.90 Å². The van der Waals surface area contributed by atoms with Gasteiger partial charge in [0, 0.05) is 24.5 Å². The number of rotatable bonds is 0. The summed E-state index contributed by atoms with van der Waals surface area (Å²) >= 11 is 1.92. The molecule has 0 aromatic carbocycles. The molecule has 0 aromatic rings. The van der Waals surface area contributed by atoms with Gasteiger partial charge in [-0.05, 0) is 13.0 Å². The summed E-state index contributed by atoms with van der Waals surface area (Å²) in [5.41, 5.74) is 0. The third-order valence-corrected chi connectivity index (χ3v) is 3.50. The molecule has 0 radical (unpaired) electrons. The molecule has 0 aliphatic carbocycles. The Morgan fingerprint density at radius 2 is 2.25 bits per heavy atom. The van der Waals surface area contributed by atoms with Gasteiger partial charge in [-0.25, -0.2) is 0 Å². The second kappa shape index (κ2) is 4.49. The van der Waals surface area contributed by atoms with E-state index in [0.717, 1.165) is 31.7 Å². The van der Waals surface area contributed by atoms with Crippen LogP contribution in [-0.4, -0.2) is 41.3 Å². The second-order valence-corrected chi connectivity index (χ2v) is 4.35. The summed E-state index contributed by atoms with van der Waals surface area (Å²) < 4.78 is 0. The Morgan fingerprint density at radius 1 is 1.42 bits per heavy atom. The van der Waals surface area contributed by atoms with Crippen molar-refractivity contribution in [3.05, 3.63) is 0 Å². The van der Waals surface area contributed by atoms with E-state index in [1.54, 1.807) is 0 Å². The highest BCUT2D eigenvalue weighted by molar-refractivity contribution is 7.99. The van der Waals surface area contributed by atoms with Crippen molar-refractivity contribution in [2.24, 2.45) is 0 Å². The Kier molecular flexibility index (Phi) is 3.87. The summed E-state index contributed by atoms with van der Waals surface area (Å²) in [6.45, 7) is 2.28. The zero-order valence-electron chi connectivity index (χ0n) is 6.99. The number of hydrogen-bond acceptors (Lipinski definition) is 3. The Hall–Kier alpha value is 0.270. The summed E-state index contributed by atoms with van der Waals surface area (Å²) in [5.74, 6) is 2.73. The van der Waals surface area contributed by atoms with Crippen LogP contribution in [-0.2, 0) is 4.79 Å².